The Bertz CT molecular complexity index is 544. The Labute approximate surface area is 126 Å². The van der Waals surface area contributed by atoms with Gasteiger partial charge in [0.1, 0.15) is 12.1 Å². The molecule has 5 heteroatoms. The summed E-state index contributed by atoms with van der Waals surface area (Å²) in [6.07, 6.45) is 6.01. The Morgan fingerprint density at radius 1 is 1.38 bits per heavy atom. The van der Waals surface area contributed by atoms with Crippen LogP contribution in [0.5, 0.6) is 0 Å². The normalized spacial score (nSPS) is 29.3. The minimum Gasteiger partial charge on any atom is -0.461 e. The third-order valence-corrected chi connectivity index (χ3v) is 4.39. The number of cyclic esters (lactones) is 1. The Balaban J connectivity index is 1.82. The van der Waals surface area contributed by atoms with E-state index in [1.54, 1.807) is 0 Å². The predicted octanol–water partition coefficient (Wildman–Crippen LogP) is 2.31. The molecule has 1 aliphatic heterocycles. The van der Waals surface area contributed by atoms with Crippen LogP contribution >= 0.6 is 0 Å². The highest BCUT2D eigenvalue weighted by atomic mass is 16.6. The van der Waals surface area contributed by atoms with Crippen molar-refractivity contribution in [2.45, 2.75) is 77.1 Å². The fourth-order valence-corrected chi connectivity index (χ4v) is 3.44. The fourth-order valence-electron chi connectivity index (χ4n) is 3.44. The van der Waals surface area contributed by atoms with Crippen molar-refractivity contribution in [1.29, 1.82) is 0 Å². The lowest BCUT2D eigenvalue weighted by atomic mass is 9.91. The largest absolute Gasteiger partial charge is 0.461 e. The molecule has 1 aromatic rings. The van der Waals surface area contributed by atoms with Crippen LogP contribution in [0, 0.1) is 0 Å². The molecule has 3 rings (SSSR count). The molecule has 3 atom stereocenters. The van der Waals surface area contributed by atoms with Crippen LogP contribution in [0.1, 0.15) is 64.3 Å². The number of fused-ring (bicyclic) bond motifs is 1. The smallest absolute Gasteiger partial charge is 0.323 e. The number of nitrogens with one attached hydrogen (secondary N) is 1. The zero-order valence-corrected chi connectivity index (χ0v) is 13.3. The third kappa shape index (κ3) is 2.71. The van der Waals surface area contributed by atoms with Gasteiger partial charge in [-0.05, 0) is 47.0 Å². The van der Waals surface area contributed by atoms with E-state index in [9.17, 15) is 4.79 Å². The lowest BCUT2D eigenvalue weighted by molar-refractivity contribution is -0.142. The molecular weight excluding hydrogens is 266 g/mol. The molecule has 116 valence electrons. The minimum atomic E-state index is -0.172. The molecule has 0 spiro atoms. The summed E-state index contributed by atoms with van der Waals surface area (Å²) >= 11 is 0. The molecule has 0 bridgehead atoms. The molecule has 0 saturated carbocycles. The molecule has 1 saturated heterocycles. The van der Waals surface area contributed by atoms with Gasteiger partial charge in [-0.25, -0.2) is 0 Å². The van der Waals surface area contributed by atoms with E-state index < -0.39 is 0 Å². The van der Waals surface area contributed by atoms with Crippen molar-refractivity contribution in [1.82, 2.24) is 15.1 Å². The summed E-state index contributed by atoms with van der Waals surface area (Å²) in [6, 6.07) is 0.0432. The molecule has 0 aromatic carbocycles. The van der Waals surface area contributed by atoms with E-state index in [2.05, 4.69) is 35.9 Å². The third-order valence-electron chi connectivity index (χ3n) is 4.39. The van der Waals surface area contributed by atoms with Crippen LogP contribution in [0.25, 0.3) is 0 Å². The Morgan fingerprint density at radius 2 is 2.14 bits per heavy atom. The molecule has 5 nitrogen and oxygen atoms in total. The summed E-state index contributed by atoms with van der Waals surface area (Å²) in [6.45, 7) is 8.47. The van der Waals surface area contributed by atoms with E-state index in [4.69, 9.17) is 4.74 Å². The molecule has 1 aliphatic carbocycles. The Morgan fingerprint density at radius 3 is 2.76 bits per heavy atom. The van der Waals surface area contributed by atoms with E-state index in [0.717, 1.165) is 25.7 Å². The van der Waals surface area contributed by atoms with Gasteiger partial charge in [-0.15, -0.1) is 0 Å². The molecule has 21 heavy (non-hydrogen) atoms. The van der Waals surface area contributed by atoms with E-state index in [0.29, 0.717) is 0 Å². The van der Waals surface area contributed by atoms with Gasteiger partial charge in [0.15, 0.2) is 0 Å². The molecule has 2 aliphatic rings. The van der Waals surface area contributed by atoms with Crippen LogP contribution in [-0.4, -0.2) is 27.9 Å². The lowest BCUT2D eigenvalue weighted by Crippen LogP contribution is -2.38. The highest BCUT2D eigenvalue weighted by molar-refractivity contribution is 5.78. The van der Waals surface area contributed by atoms with Gasteiger partial charge in [-0.1, -0.05) is 0 Å². The zero-order chi connectivity index (χ0) is 15.2. The minimum absolute atomic E-state index is 0.00369. The number of nitrogens with zero attached hydrogens (tertiary/aromatic N) is 2. The van der Waals surface area contributed by atoms with Gasteiger partial charge in [-0.2, -0.15) is 5.10 Å². The van der Waals surface area contributed by atoms with Crippen LogP contribution in [0.2, 0.25) is 0 Å². The van der Waals surface area contributed by atoms with Crippen LogP contribution < -0.4 is 5.32 Å². The van der Waals surface area contributed by atoms with Crippen LogP contribution in [0.4, 0.5) is 0 Å². The highest BCUT2D eigenvalue weighted by Gasteiger charge is 2.36. The van der Waals surface area contributed by atoms with Gasteiger partial charge in [0.2, 0.25) is 0 Å². The fraction of sp³-hybridized carbons (Fsp3) is 0.750. The first-order valence-corrected chi connectivity index (χ1v) is 7.90. The first kappa shape index (κ1) is 14.6. The molecule has 3 unspecified atom stereocenters. The second kappa shape index (κ2) is 5.13. The van der Waals surface area contributed by atoms with Crippen LogP contribution in [0.3, 0.4) is 0 Å². The lowest BCUT2D eigenvalue weighted by Gasteiger charge is -2.29. The van der Waals surface area contributed by atoms with Gasteiger partial charge in [0, 0.05) is 23.7 Å². The van der Waals surface area contributed by atoms with E-state index in [1.807, 2.05) is 13.1 Å². The second-order valence-corrected chi connectivity index (χ2v) is 7.28. The topological polar surface area (TPSA) is 56.2 Å². The molecule has 0 amide bonds. The number of hydrogen-bond acceptors (Lipinski definition) is 4. The van der Waals surface area contributed by atoms with Crippen LogP contribution in [0.15, 0.2) is 6.20 Å². The number of ether oxygens (including phenoxy) is 1. The number of carbonyl (C=O) groups excluding carboxylic acids is 1. The van der Waals surface area contributed by atoms with E-state index >= 15 is 0 Å². The van der Waals surface area contributed by atoms with E-state index in [-0.39, 0.29) is 29.7 Å². The molecule has 0 radical (unpaired) electrons. The average molecular weight is 291 g/mol. The van der Waals surface area contributed by atoms with Gasteiger partial charge < -0.3 is 4.74 Å². The molecule has 2 heterocycles. The van der Waals surface area contributed by atoms with Gasteiger partial charge in [-0.3, -0.25) is 14.8 Å². The van der Waals surface area contributed by atoms with Crippen molar-refractivity contribution in [3.05, 3.63) is 17.5 Å². The van der Waals surface area contributed by atoms with Crippen molar-refractivity contribution < 1.29 is 9.53 Å². The number of aromatic nitrogens is 2. The zero-order valence-electron chi connectivity index (χ0n) is 13.3. The van der Waals surface area contributed by atoms with Gasteiger partial charge in [0.25, 0.3) is 0 Å². The summed E-state index contributed by atoms with van der Waals surface area (Å²) < 4.78 is 7.37. The highest BCUT2D eigenvalue weighted by Crippen LogP contribution is 2.33. The molecule has 1 aromatic heterocycles. The Kier molecular flexibility index (Phi) is 3.56. The van der Waals surface area contributed by atoms with Crippen molar-refractivity contribution >= 4 is 5.97 Å². The molecule has 1 fully saturated rings. The number of hydrogen-bond donors (Lipinski definition) is 1. The van der Waals surface area contributed by atoms with Crippen molar-refractivity contribution in [2.24, 2.45) is 0 Å². The second-order valence-electron chi connectivity index (χ2n) is 7.28. The number of carbonyl (C=O) groups is 1. The summed E-state index contributed by atoms with van der Waals surface area (Å²) in [5, 5.41) is 8.08. The maximum Gasteiger partial charge on any atom is 0.323 e. The standard InChI is InChI=1S/C16H25N3O2/c1-10-8-13(15(20)21-10)18-12-6-5-7-14-11(12)9-17-19(14)16(2,3)4/h9-10,12-13,18H,5-8H2,1-4H3. The van der Waals surface area contributed by atoms with Gasteiger partial charge >= 0.3 is 5.97 Å². The molecule has 1 N–H and O–H groups in total. The quantitative estimate of drug-likeness (QED) is 0.850. The van der Waals surface area contributed by atoms with E-state index in [1.165, 1.54) is 11.3 Å². The summed E-state index contributed by atoms with van der Waals surface area (Å²) in [5.41, 5.74) is 2.56. The maximum absolute atomic E-state index is 11.8. The van der Waals surface area contributed by atoms with Gasteiger partial charge in [0.05, 0.1) is 11.7 Å². The molecular formula is C16H25N3O2. The summed E-state index contributed by atoms with van der Waals surface area (Å²) in [5.74, 6) is -0.113. The predicted molar refractivity (Wildman–Crippen MR) is 80.0 cm³/mol. The monoisotopic (exact) mass is 291 g/mol. The average Bonchev–Trinajstić information content (AvgIpc) is 2.93. The number of rotatable bonds is 2. The van der Waals surface area contributed by atoms with Crippen molar-refractivity contribution in [3.8, 4) is 0 Å². The summed E-state index contributed by atoms with van der Waals surface area (Å²) in [7, 11) is 0. The SMILES string of the molecule is CC1CC(NC2CCCc3c2cnn3C(C)(C)C)C(=O)O1. The summed E-state index contributed by atoms with van der Waals surface area (Å²) in [4.78, 5) is 11.8. The number of esters is 1. The first-order chi connectivity index (χ1) is 9.86. The van der Waals surface area contributed by atoms with Crippen molar-refractivity contribution in [3.63, 3.8) is 0 Å². The van der Waals surface area contributed by atoms with Crippen molar-refractivity contribution in [2.75, 3.05) is 0 Å². The Hall–Kier alpha value is -1.36. The maximum atomic E-state index is 11.8. The van der Waals surface area contributed by atoms with Crippen LogP contribution in [-0.2, 0) is 21.5 Å². The first-order valence-electron chi connectivity index (χ1n) is 7.90.